The Bertz CT molecular complexity index is 254. The average molecular weight is 244 g/mol. The van der Waals surface area contributed by atoms with Gasteiger partial charge in [-0.2, -0.15) is 0 Å². The second-order valence-electron chi connectivity index (χ2n) is 4.35. The third-order valence-corrected chi connectivity index (χ3v) is 2.80. The molecule has 1 unspecified atom stereocenters. The van der Waals surface area contributed by atoms with Crippen LogP contribution in [-0.4, -0.2) is 60.0 Å². The fourth-order valence-corrected chi connectivity index (χ4v) is 1.62. The van der Waals surface area contributed by atoms with Gasteiger partial charge < -0.3 is 10.0 Å². The summed E-state index contributed by atoms with van der Waals surface area (Å²) < 4.78 is 0. The molecular formula is C12H24N2O3. The van der Waals surface area contributed by atoms with Crippen molar-refractivity contribution >= 4 is 11.9 Å². The van der Waals surface area contributed by atoms with Gasteiger partial charge in [-0.1, -0.05) is 26.7 Å². The summed E-state index contributed by atoms with van der Waals surface area (Å²) in [4.78, 5) is 26.0. The van der Waals surface area contributed by atoms with E-state index in [9.17, 15) is 14.7 Å². The minimum absolute atomic E-state index is 0.0606. The molecule has 0 aromatic heterocycles. The van der Waals surface area contributed by atoms with Crippen LogP contribution in [0.25, 0.3) is 0 Å². The highest BCUT2D eigenvalue weighted by Crippen LogP contribution is 2.09. The Labute approximate surface area is 103 Å². The molecular weight excluding hydrogens is 220 g/mol. The lowest BCUT2D eigenvalue weighted by molar-refractivity contribution is -0.144. The fourth-order valence-electron chi connectivity index (χ4n) is 1.62. The molecule has 0 spiro atoms. The van der Waals surface area contributed by atoms with E-state index in [1.165, 1.54) is 4.90 Å². The molecule has 0 aromatic rings. The molecule has 1 amide bonds. The molecule has 5 heteroatoms. The minimum Gasteiger partial charge on any atom is -0.480 e. The van der Waals surface area contributed by atoms with E-state index >= 15 is 0 Å². The third-order valence-electron chi connectivity index (χ3n) is 2.80. The van der Waals surface area contributed by atoms with Crippen LogP contribution in [0.2, 0.25) is 0 Å². The summed E-state index contributed by atoms with van der Waals surface area (Å²) in [6, 6.07) is -0.552. The van der Waals surface area contributed by atoms with Crippen LogP contribution in [0, 0.1) is 0 Å². The molecule has 0 aromatic carbocycles. The first-order chi connectivity index (χ1) is 7.93. The third kappa shape index (κ3) is 5.68. The molecule has 100 valence electrons. The highest BCUT2D eigenvalue weighted by atomic mass is 16.4. The van der Waals surface area contributed by atoms with Crippen LogP contribution >= 0.6 is 0 Å². The number of unbranched alkanes of at least 4 members (excludes halogenated alkanes) is 1. The Morgan fingerprint density at radius 3 is 2.18 bits per heavy atom. The van der Waals surface area contributed by atoms with Gasteiger partial charge in [-0.25, -0.2) is 0 Å². The molecule has 0 heterocycles. The standard InChI is InChI=1S/C12H24N2O3/c1-5-7-8-10(12(16)17)14(6-2)9-11(15)13(3)4/h10H,5-9H2,1-4H3,(H,16,17). The first-order valence-electron chi connectivity index (χ1n) is 6.11. The maximum absolute atomic E-state index is 11.6. The number of carboxylic acids is 1. The lowest BCUT2D eigenvalue weighted by Gasteiger charge is -2.28. The van der Waals surface area contributed by atoms with Crippen LogP contribution in [0.1, 0.15) is 33.1 Å². The molecule has 0 aliphatic heterocycles. The maximum atomic E-state index is 11.6. The van der Waals surface area contributed by atoms with Crippen molar-refractivity contribution in [3.05, 3.63) is 0 Å². The second-order valence-corrected chi connectivity index (χ2v) is 4.35. The maximum Gasteiger partial charge on any atom is 0.320 e. The van der Waals surface area contributed by atoms with Gasteiger partial charge in [0.25, 0.3) is 0 Å². The summed E-state index contributed by atoms with van der Waals surface area (Å²) in [6.45, 7) is 4.65. The van der Waals surface area contributed by atoms with Gasteiger partial charge >= 0.3 is 5.97 Å². The van der Waals surface area contributed by atoms with Gasteiger partial charge in [0.1, 0.15) is 6.04 Å². The van der Waals surface area contributed by atoms with Crippen molar-refractivity contribution in [1.29, 1.82) is 0 Å². The normalized spacial score (nSPS) is 12.5. The Hall–Kier alpha value is -1.10. The summed E-state index contributed by atoms with van der Waals surface area (Å²) in [5.41, 5.74) is 0. The predicted octanol–water partition coefficient (Wildman–Crippen LogP) is 1.04. The molecule has 0 radical (unpaired) electrons. The van der Waals surface area contributed by atoms with Crippen LogP contribution in [0.15, 0.2) is 0 Å². The molecule has 5 nitrogen and oxygen atoms in total. The Morgan fingerprint density at radius 2 is 1.82 bits per heavy atom. The summed E-state index contributed by atoms with van der Waals surface area (Å²) in [5, 5.41) is 9.19. The number of carboxylic acid groups (broad SMARTS) is 1. The molecule has 17 heavy (non-hydrogen) atoms. The summed E-state index contributed by atoms with van der Waals surface area (Å²) in [6.07, 6.45) is 2.42. The lowest BCUT2D eigenvalue weighted by Crippen LogP contribution is -2.46. The lowest BCUT2D eigenvalue weighted by atomic mass is 10.1. The van der Waals surface area contributed by atoms with E-state index in [0.717, 1.165) is 12.8 Å². The zero-order valence-corrected chi connectivity index (χ0v) is 11.3. The van der Waals surface area contributed by atoms with E-state index in [-0.39, 0.29) is 12.5 Å². The van der Waals surface area contributed by atoms with Crippen LogP contribution in [0.4, 0.5) is 0 Å². The van der Waals surface area contributed by atoms with Crippen molar-refractivity contribution in [3.8, 4) is 0 Å². The van der Waals surface area contributed by atoms with Gasteiger partial charge in [0.15, 0.2) is 0 Å². The van der Waals surface area contributed by atoms with E-state index in [1.54, 1.807) is 19.0 Å². The number of carbonyl (C=O) groups excluding carboxylic acids is 1. The summed E-state index contributed by atoms with van der Waals surface area (Å²) in [7, 11) is 3.36. The van der Waals surface area contributed by atoms with Crippen molar-refractivity contribution in [2.75, 3.05) is 27.2 Å². The Morgan fingerprint density at radius 1 is 1.24 bits per heavy atom. The van der Waals surface area contributed by atoms with Crippen LogP contribution in [0.3, 0.4) is 0 Å². The van der Waals surface area contributed by atoms with Gasteiger partial charge in [0, 0.05) is 14.1 Å². The highest BCUT2D eigenvalue weighted by molar-refractivity contribution is 5.79. The molecule has 0 rings (SSSR count). The highest BCUT2D eigenvalue weighted by Gasteiger charge is 2.25. The Balaban J connectivity index is 4.55. The van der Waals surface area contributed by atoms with Crippen molar-refractivity contribution in [1.82, 2.24) is 9.80 Å². The van der Waals surface area contributed by atoms with Gasteiger partial charge in [-0.05, 0) is 13.0 Å². The number of nitrogens with zero attached hydrogens (tertiary/aromatic N) is 2. The Kier molecular flexibility index (Phi) is 7.54. The largest absolute Gasteiger partial charge is 0.480 e. The fraction of sp³-hybridized carbons (Fsp3) is 0.833. The van der Waals surface area contributed by atoms with Crippen LogP contribution in [0.5, 0.6) is 0 Å². The van der Waals surface area contributed by atoms with Gasteiger partial charge in [0.2, 0.25) is 5.91 Å². The van der Waals surface area contributed by atoms with Gasteiger partial charge in [-0.3, -0.25) is 14.5 Å². The van der Waals surface area contributed by atoms with E-state index in [2.05, 4.69) is 0 Å². The summed E-state index contributed by atoms with van der Waals surface area (Å²) >= 11 is 0. The number of likely N-dealkylation sites (N-methyl/N-ethyl adjacent to an activating group) is 2. The van der Waals surface area contributed by atoms with E-state index in [4.69, 9.17) is 0 Å². The number of amides is 1. The molecule has 0 fully saturated rings. The van der Waals surface area contributed by atoms with Crippen molar-refractivity contribution in [2.45, 2.75) is 39.2 Å². The first-order valence-corrected chi connectivity index (χ1v) is 6.11. The van der Waals surface area contributed by atoms with Gasteiger partial charge in [-0.15, -0.1) is 0 Å². The number of hydrogen-bond donors (Lipinski definition) is 1. The van der Waals surface area contributed by atoms with Crippen molar-refractivity contribution < 1.29 is 14.7 Å². The smallest absolute Gasteiger partial charge is 0.320 e. The number of rotatable bonds is 8. The molecule has 0 saturated carbocycles. The first kappa shape index (κ1) is 15.9. The van der Waals surface area contributed by atoms with Crippen LogP contribution in [-0.2, 0) is 9.59 Å². The van der Waals surface area contributed by atoms with Gasteiger partial charge in [0.05, 0.1) is 6.54 Å². The molecule has 1 atom stereocenters. The van der Waals surface area contributed by atoms with E-state index in [0.29, 0.717) is 13.0 Å². The summed E-state index contributed by atoms with van der Waals surface area (Å²) in [5.74, 6) is -0.901. The van der Waals surface area contributed by atoms with Crippen molar-refractivity contribution in [2.24, 2.45) is 0 Å². The number of carbonyl (C=O) groups is 2. The molecule has 0 saturated heterocycles. The predicted molar refractivity (Wildman–Crippen MR) is 66.9 cm³/mol. The zero-order valence-electron chi connectivity index (χ0n) is 11.3. The molecule has 0 aliphatic carbocycles. The molecule has 0 aliphatic rings. The molecule has 0 bridgehead atoms. The van der Waals surface area contributed by atoms with E-state index < -0.39 is 12.0 Å². The average Bonchev–Trinajstić information content (AvgIpc) is 2.26. The minimum atomic E-state index is -0.841. The van der Waals surface area contributed by atoms with Crippen LogP contribution < -0.4 is 0 Å². The zero-order chi connectivity index (χ0) is 13.4. The number of aliphatic carboxylic acids is 1. The SMILES string of the molecule is CCCCC(C(=O)O)N(CC)CC(=O)N(C)C. The molecule has 1 N–H and O–H groups in total. The quantitative estimate of drug-likeness (QED) is 0.693. The van der Waals surface area contributed by atoms with Crippen molar-refractivity contribution in [3.63, 3.8) is 0 Å². The number of hydrogen-bond acceptors (Lipinski definition) is 3. The monoisotopic (exact) mass is 244 g/mol. The second kappa shape index (κ2) is 8.06. The van der Waals surface area contributed by atoms with E-state index in [1.807, 2.05) is 13.8 Å². The topological polar surface area (TPSA) is 60.9 Å².